The zero-order valence-electron chi connectivity index (χ0n) is 24.1. The number of aliphatic hydroxyl groups is 1. The molecule has 3 saturated heterocycles. The number of hydroxylamine groups is 2. The largest absolute Gasteiger partial charge is 0.458 e. The van der Waals surface area contributed by atoms with Gasteiger partial charge >= 0.3 is 5.97 Å². The molecule has 0 unspecified atom stereocenters. The Hall–Kier alpha value is -3.61. The molecule has 0 aromatic heterocycles. The minimum atomic E-state index is -1.30. The van der Waals surface area contributed by atoms with E-state index >= 15 is 0 Å². The number of hydrogen-bond donors (Lipinski definition) is 2. The predicted molar refractivity (Wildman–Crippen MR) is 152 cm³/mol. The first-order chi connectivity index (χ1) is 20.7. The van der Waals surface area contributed by atoms with Gasteiger partial charge in [0.05, 0.1) is 13.2 Å². The maximum atomic E-state index is 14.0. The van der Waals surface area contributed by atoms with E-state index in [0.717, 1.165) is 22.3 Å². The van der Waals surface area contributed by atoms with Crippen LogP contribution in [0, 0.1) is 5.41 Å². The van der Waals surface area contributed by atoms with E-state index in [1.54, 1.807) is 20.2 Å². The highest BCUT2D eigenvalue weighted by molar-refractivity contribution is 5.93. The van der Waals surface area contributed by atoms with Crippen LogP contribution in [0.15, 0.2) is 54.6 Å². The van der Waals surface area contributed by atoms with E-state index in [2.05, 4.69) is 17.4 Å². The molecule has 1 saturated carbocycles. The van der Waals surface area contributed by atoms with E-state index in [-0.39, 0.29) is 37.9 Å². The summed E-state index contributed by atoms with van der Waals surface area (Å²) in [4.78, 5) is 47.8. The molecular weight excluding hydrogens is 554 g/mol. The number of carbonyl (C=O) groups is 3. The average Bonchev–Trinajstić information content (AvgIpc) is 3.66. The number of likely N-dealkylation sites (N-methyl/N-ethyl adjacent to an activating group) is 1. The van der Waals surface area contributed by atoms with Gasteiger partial charge in [0, 0.05) is 46.0 Å². The van der Waals surface area contributed by atoms with Crippen molar-refractivity contribution in [3.63, 3.8) is 0 Å². The molecule has 2 bridgehead atoms. The van der Waals surface area contributed by atoms with Gasteiger partial charge in [0.15, 0.2) is 11.8 Å². The molecule has 6 atom stereocenters. The number of esters is 1. The molecule has 11 heteroatoms. The van der Waals surface area contributed by atoms with Crippen LogP contribution in [-0.2, 0) is 52.8 Å². The third-order valence-electron chi connectivity index (χ3n) is 9.26. The highest BCUT2D eigenvalue weighted by atomic mass is 16.8. The Morgan fingerprint density at radius 2 is 1.84 bits per heavy atom. The number of amides is 2. The summed E-state index contributed by atoms with van der Waals surface area (Å²) >= 11 is 0. The summed E-state index contributed by atoms with van der Waals surface area (Å²) in [5, 5.41) is 13.8. The van der Waals surface area contributed by atoms with Crippen molar-refractivity contribution < 1.29 is 38.5 Å². The van der Waals surface area contributed by atoms with E-state index in [9.17, 15) is 19.5 Å². The Kier molecular flexibility index (Phi) is 6.90. The highest BCUT2D eigenvalue weighted by Gasteiger charge is 2.76. The van der Waals surface area contributed by atoms with Crippen LogP contribution in [0.2, 0.25) is 0 Å². The van der Waals surface area contributed by atoms with Gasteiger partial charge in [-0.25, -0.2) is 0 Å². The number of hydrogen-bond acceptors (Lipinski definition) is 9. The Bertz CT molecular complexity index is 1470. The van der Waals surface area contributed by atoms with Crippen LogP contribution in [0.3, 0.4) is 0 Å². The summed E-state index contributed by atoms with van der Waals surface area (Å²) in [6, 6.07) is 14.6. The molecule has 3 aliphatic heterocycles. The maximum absolute atomic E-state index is 14.0. The van der Waals surface area contributed by atoms with Crippen molar-refractivity contribution in [3.05, 3.63) is 76.9 Å². The molecule has 5 aliphatic rings. The second-order valence-electron chi connectivity index (χ2n) is 12.2. The van der Waals surface area contributed by atoms with Crippen LogP contribution in [0.25, 0.3) is 6.08 Å². The molecule has 11 nitrogen and oxygen atoms in total. The summed E-state index contributed by atoms with van der Waals surface area (Å²) in [6.45, 7) is -0.00213. The van der Waals surface area contributed by atoms with Crippen LogP contribution in [0.4, 0.5) is 0 Å². The molecule has 7 rings (SSSR count). The van der Waals surface area contributed by atoms with E-state index in [0.29, 0.717) is 12.8 Å². The molecule has 43 heavy (non-hydrogen) atoms. The fraction of sp³-hybridized carbons (Fsp3) is 0.469. The standard InChI is InChI=1S/C32H35N3O8/c1-34(2)24(37)11-10-19-6-5-7-20(14-19)18-35-27-29(38)40-23-17-32(27,30(39)33-12-13-36)28(43-35)26-25(23)41-31(42-26)15-21-8-3-4-9-22(21)16-31/h3-11,14,23,25-28,36H,12-13,15-18H2,1-2H3,(H,33,39)/t23-,25-,26-,27-,28+,32-/m0/s1. The van der Waals surface area contributed by atoms with Crippen molar-refractivity contribution in [1.29, 1.82) is 0 Å². The second kappa shape index (κ2) is 10.5. The first-order valence-corrected chi connectivity index (χ1v) is 14.7. The number of nitrogens with one attached hydrogen (secondary N) is 1. The summed E-state index contributed by atoms with van der Waals surface area (Å²) in [6.07, 6.45) is 1.80. The number of nitrogens with zero attached hydrogens (tertiary/aromatic N) is 2. The number of benzene rings is 2. The van der Waals surface area contributed by atoms with Gasteiger partial charge in [-0.2, -0.15) is 5.06 Å². The topological polar surface area (TPSA) is 127 Å². The van der Waals surface area contributed by atoms with Crippen LogP contribution in [-0.4, -0.2) is 96.3 Å². The first kappa shape index (κ1) is 28.2. The molecule has 0 radical (unpaired) electrons. The van der Waals surface area contributed by atoms with Crippen LogP contribution in [0.1, 0.15) is 28.7 Å². The van der Waals surface area contributed by atoms with Crippen molar-refractivity contribution in [2.24, 2.45) is 5.41 Å². The summed E-state index contributed by atoms with van der Waals surface area (Å²) in [5.41, 5.74) is 2.61. The number of fused-ring (bicyclic) bond motifs is 5. The van der Waals surface area contributed by atoms with E-state index in [4.69, 9.17) is 19.0 Å². The zero-order chi connectivity index (χ0) is 29.9. The molecule has 2 aromatic carbocycles. The van der Waals surface area contributed by atoms with Crippen molar-refractivity contribution in [1.82, 2.24) is 15.3 Å². The summed E-state index contributed by atoms with van der Waals surface area (Å²) in [7, 11) is 3.37. The van der Waals surface area contributed by atoms with Gasteiger partial charge in [-0.05, 0) is 28.3 Å². The van der Waals surface area contributed by atoms with Gasteiger partial charge in [0.1, 0.15) is 29.8 Å². The third-order valence-corrected chi connectivity index (χ3v) is 9.26. The molecule has 2 aromatic rings. The lowest BCUT2D eigenvalue weighted by atomic mass is 9.62. The monoisotopic (exact) mass is 589 g/mol. The van der Waals surface area contributed by atoms with Crippen molar-refractivity contribution >= 4 is 23.9 Å². The molecule has 2 aliphatic carbocycles. The molecule has 2 N–H and O–H groups in total. The molecular formula is C32H35N3O8. The van der Waals surface area contributed by atoms with Crippen LogP contribution in [0.5, 0.6) is 0 Å². The molecule has 2 amide bonds. The van der Waals surface area contributed by atoms with Crippen molar-refractivity contribution in [2.75, 3.05) is 27.2 Å². The normalized spacial score (nSPS) is 31.6. The van der Waals surface area contributed by atoms with Crippen molar-refractivity contribution in [3.8, 4) is 0 Å². The predicted octanol–water partition coefficient (Wildman–Crippen LogP) is 0.976. The lowest BCUT2D eigenvalue weighted by molar-refractivity contribution is -0.217. The quantitative estimate of drug-likeness (QED) is 0.359. The van der Waals surface area contributed by atoms with Gasteiger partial charge in [0.25, 0.3) is 0 Å². The average molecular weight is 590 g/mol. The van der Waals surface area contributed by atoms with Gasteiger partial charge in [0.2, 0.25) is 11.8 Å². The van der Waals surface area contributed by atoms with Crippen LogP contribution < -0.4 is 5.32 Å². The summed E-state index contributed by atoms with van der Waals surface area (Å²) < 4.78 is 19.3. The number of carbonyl (C=O) groups excluding carboxylic acids is 3. The smallest absolute Gasteiger partial charge is 0.327 e. The van der Waals surface area contributed by atoms with E-state index < -0.39 is 47.6 Å². The fourth-order valence-electron chi connectivity index (χ4n) is 7.39. The van der Waals surface area contributed by atoms with E-state index in [1.165, 1.54) is 16.0 Å². The van der Waals surface area contributed by atoms with Gasteiger partial charge in [-0.1, -0.05) is 48.5 Å². The Labute approximate surface area is 249 Å². The molecule has 3 heterocycles. The Balaban J connectivity index is 1.21. The van der Waals surface area contributed by atoms with Gasteiger partial charge in [-0.15, -0.1) is 0 Å². The SMILES string of the molecule is CN(C)C(=O)C=Cc1cccc(CN2O[C@@H]3[C@H]4OC5(Cc6ccccc6C5)O[C@H]4[C@@H]4C[C@]3(C(=O)NCCO)[C@@H]2C(=O)O4)c1. The first-order valence-electron chi connectivity index (χ1n) is 14.7. The van der Waals surface area contributed by atoms with Crippen molar-refractivity contribution in [2.45, 2.75) is 62.1 Å². The maximum Gasteiger partial charge on any atom is 0.327 e. The Morgan fingerprint density at radius 1 is 1.09 bits per heavy atom. The highest BCUT2D eigenvalue weighted by Crippen LogP contribution is 2.58. The Morgan fingerprint density at radius 3 is 2.56 bits per heavy atom. The summed E-state index contributed by atoms with van der Waals surface area (Å²) in [5.74, 6) is -1.99. The number of aliphatic hydroxyl groups excluding tert-OH is 1. The lowest BCUT2D eigenvalue weighted by Gasteiger charge is -2.48. The molecule has 226 valence electrons. The minimum Gasteiger partial charge on any atom is -0.458 e. The van der Waals surface area contributed by atoms with E-state index in [1.807, 2.05) is 36.4 Å². The number of rotatable bonds is 7. The third kappa shape index (κ3) is 4.58. The fourth-order valence-corrected chi connectivity index (χ4v) is 7.39. The minimum absolute atomic E-state index is 0.0461. The molecule has 1 spiro atoms. The van der Waals surface area contributed by atoms with Gasteiger partial charge < -0.3 is 29.5 Å². The number of ether oxygens (including phenoxy) is 3. The lowest BCUT2D eigenvalue weighted by Crippen LogP contribution is -2.69. The molecule has 4 fully saturated rings. The van der Waals surface area contributed by atoms with Gasteiger partial charge in [-0.3, -0.25) is 19.2 Å². The second-order valence-corrected chi connectivity index (χ2v) is 12.2. The zero-order valence-corrected chi connectivity index (χ0v) is 24.1. The van der Waals surface area contributed by atoms with Crippen LogP contribution >= 0.6 is 0 Å².